The van der Waals surface area contributed by atoms with Crippen molar-refractivity contribution in [3.8, 4) is 0 Å². The lowest BCUT2D eigenvalue weighted by Crippen LogP contribution is -2.35. The van der Waals surface area contributed by atoms with Crippen molar-refractivity contribution in [1.82, 2.24) is 15.3 Å². The van der Waals surface area contributed by atoms with Crippen LogP contribution in [-0.2, 0) is 4.79 Å². The summed E-state index contributed by atoms with van der Waals surface area (Å²) < 4.78 is 13.6. The first-order chi connectivity index (χ1) is 15.6. The standard InChI is InChI=1S/C24H21ClFN5O/c25-18-13-16(6-7-19(18)26)31-12-10-17-20(8-9-21-23(17)24(31)29-14-28-21)30-22(32)5-2-11-27-15-3-1-4-15/h2,5-10,12-15,27H,1,3-4,11H2,(H,30,32)/b5-2+. The van der Waals surface area contributed by atoms with E-state index in [0.29, 0.717) is 29.8 Å². The number of rotatable bonds is 6. The number of carbonyl (C=O) groups excluding carboxylic acids is 1. The van der Waals surface area contributed by atoms with Gasteiger partial charge in [0.05, 0.1) is 15.9 Å². The Morgan fingerprint density at radius 2 is 2.12 bits per heavy atom. The van der Waals surface area contributed by atoms with Crippen LogP contribution in [0.15, 0.2) is 55.0 Å². The van der Waals surface area contributed by atoms with Crippen LogP contribution in [0.4, 0.5) is 21.6 Å². The number of hydrogen-bond acceptors (Lipinski definition) is 5. The van der Waals surface area contributed by atoms with Gasteiger partial charge in [0.1, 0.15) is 18.0 Å². The number of carbonyl (C=O) groups is 1. The molecule has 1 fully saturated rings. The van der Waals surface area contributed by atoms with E-state index in [1.807, 2.05) is 35.4 Å². The van der Waals surface area contributed by atoms with E-state index in [1.165, 1.54) is 31.7 Å². The molecule has 1 saturated carbocycles. The first-order valence-corrected chi connectivity index (χ1v) is 10.9. The third kappa shape index (κ3) is 3.97. The smallest absolute Gasteiger partial charge is 0.248 e. The number of benzene rings is 2. The van der Waals surface area contributed by atoms with Gasteiger partial charge in [0, 0.05) is 41.8 Å². The van der Waals surface area contributed by atoms with Crippen LogP contribution in [0.25, 0.3) is 17.0 Å². The van der Waals surface area contributed by atoms with Gasteiger partial charge in [-0.05, 0) is 49.2 Å². The molecule has 2 aromatic carbocycles. The summed E-state index contributed by atoms with van der Waals surface area (Å²) in [5.74, 6) is -0.0485. The molecule has 162 valence electrons. The fourth-order valence-electron chi connectivity index (χ4n) is 3.88. The van der Waals surface area contributed by atoms with Crippen LogP contribution >= 0.6 is 11.6 Å². The minimum absolute atomic E-state index is 0.0339. The van der Waals surface area contributed by atoms with Crippen molar-refractivity contribution in [3.63, 3.8) is 0 Å². The molecule has 1 aliphatic carbocycles. The molecule has 5 rings (SSSR count). The quantitative estimate of drug-likeness (QED) is 0.507. The number of anilines is 3. The average Bonchev–Trinajstić information content (AvgIpc) is 2.76. The van der Waals surface area contributed by atoms with Crippen molar-refractivity contribution < 1.29 is 9.18 Å². The van der Waals surface area contributed by atoms with Crippen LogP contribution in [0, 0.1) is 5.82 Å². The Balaban J connectivity index is 1.41. The van der Waals surface area contributed by atoms with E-state index in [9.17, 15) is 9.18 Å². The highest BCUT2D eigenvalue weighted by Gasteiger charge is 2.22. The Bertz CT molecular complexity index is 1250. The molecule has 6 nitrogen and oxygen atoms in total. The van der Waals surface area contributed by atoms with Gasteiger partial charge in [0.15, 0.2) is 0 Å². The van der Waals surface area contributed by atoms with Gasteiger partial charge >= 0.3 is 0 Å². The van der Waals surface area contributed by atoms with E-state index in [2.05, 4.69) is 20.6 Å². The average molecular weight is 450 g/mol. The van der Waals surface area contributed by atoms with Gasteiger partial charge < -0.3 is 15.5 Å². The van der Waals surface area contributed by atoms with Crippen LogP contribution in [0.5, 0.6) is 0 Å². The monoisotopic (exact) mass is 449 g/mol. The van der Waals surface area contributed by atoms with Crippen molar-refractivity contribution in [1.29, 1.82) is 0 Å². The van der Waals surface area contributed by atoms with Gasteiger partial charge in [0.2, 0.25) is 5.91 Å². The van der Waals surface area contributed by atoms with Crippen LogP contribution in [0.3, 0.4) is 0 Å². The zero-order valence-corrected chi connectivity index (χ0v) is 17.9. The summed E-state index contributed by atoms with van der Waals surface area (Å²) in [6.45, 7) is 0.676. The summed E-state index contributed by atoms with van der Waals surface area (Å²) in [5, 5.41) is 7.18. The molecule has 1 amide bonds. The van der Waals surface area contributed by atoms with Gasteiger partial charge in [-0.15, -0.1) is 0 Å². The second kappa shape index (κ2) is 8.68. The van der Waals surface area contributed by atoms with Gasteiger partial charge in [-0.1, -0.05) is 24.1 Å². The molecule has 0 unspecified atom stereocenters. The molecule has 0 radical (unpaired) electrons. The number of amides is 1. The first kappa shape index (κ1) is 20.6. The zero-order chi connectivity index (χ0) is 22.1. The lowest BCUT2D eigenvalue weighted by Gasteiger charge is -2.26. The minimum atomic E-state index is -0.481. The number of halogens is 2. The lowest BCUT2D eigenvalue weighted by molar-refractivity contribution is -0.111. The zero-order valence-electron chi connectivity index (χ0n) is 17.2. The third-order valence-electron chi connectivity index (χ3n) is 5.78. The molecule has 0 spiro atoms. The molecule has 0 saturated heterocycles. The van der Waals surface area contributed by atoms with Crippen molar-refractivity contribution in [2.45, 2.75) is 25.3 Å². The van der Waals surface area contributed by atoms with Gasteiger partial charge in [-0.25, -0.2) is 14.4 Å². The topological polar surface area (TPSA) is 70.1 Å². The molecule has 2 aliphatic rings. The summed E-state index contributed by atoms with van der Waals surface area (Å²) in [4.78, 5) is 23.1. The summed E-state index contributed by atoms with van der Waals surface area (Å²) in [5.41, 5.74) is 2.90. The fourth-order valence-corrected chi connectivity index (χ4v) is 4.05. The van der Waals surface area contributed by atoms with E-state index in [1.54, 1.807) is 18.2 Å². The second-order valence-electron chi connectivity index (χ2n) is 7.83. The molecule has 32 heavy (non-hydrogen) atoms. The van der Waals surface area contributed by atoms with Gasteiger partial charge in [-0.2, -0.15) is 0 Å². The first-order valence-electron chi connectivity index (χ1n) is 10.5. The highest BCUT2D eigenvalue weighted by molar-refractivity contribution is 6.31. The second-order valence-corrected chi connectivity index (χ2v) is 8.24. The van der Waals surface area contributed by atoms with Crippen LogP contribution in [0.2, 0.25) is 5.02 Å². The summed E-state index contributed by atoms with van der Waals surface area (Å²) >= 11 is 5.98. The van der Waals surface area contributed by atoms with Crippen molar-refractivity contribution >= 4 is 51.7 Å². The van der Waals surface area contributed by atoms with E-state index < -0.39 is 5.82 Å². The molecule has 0 atom stereocenters. The van der Waals surface area contributed by atoms with Crippen LogP contribution in [-0.4, -0.2) is 28.5 Å². The maximum atomic E-state index is 13.6. The SMILES string of the molecule is O=C(/C=C/CNC1CCC1)Nc1ccc2ncnc3c2c1C=CN3c1ccc(F)c(Cl)c1. The van der Waals surface area contributed by atoms with Gasteiger partial charge in [-0.3, -0.25) is 4.79 Å². The summed E-state index contributed by atoms with van der Waals surface area (Å²) in [6.07, 6.45) is 12.3. The third-order valence-corrected chi connectivity index (χ3v) is 6.07. The largest absolute Gasteiger partial charge is 0.322 e. The normalized spacial score (nSPS) is 15.4. The highest BCUT2D eigenvalue weighted by Crippen LogP contribution is 2.40. The molecule has 3 aromatic rings. The van der Waals surface area contributed by atoms with Crippen LogP contribution in [0.1, 0.15) is 24.8 Å². The molecular weight excluding hydrogens is 429 g/mol. The Morgan fingerprint density at radius 3 is 2.91 bits per heavy atom. The van der Waals surface area contributed by atoms with E-state index in [-0.39, 0.29) is 10.9 Å². The minimum Gasteiger partial charge on any atom is -0.322 e. The van der Waals surface area contributed by atoms with Crippen molar-refractivity contribution in [3.05, 3.63) is 71.4 Å². The van der Waals surface area contributed by atoms with Crippen LogP contribution < -0.4 is 15.5 Å². The van der Waals surface area contributed by atoms with E-state index in [0.717, 1.165) is 16.5 Å². The maximum absolute atomic E-state index is 13.6. The highest BCUT2D eigenvalue weighted by atomic mass is 35.5. The Morgan fingerprint density at radius 1 is 1.25 bits per heavy atom. The number of nitrogens with one attached hydrogen (secondary N) is 2. The molecule has 8 heteroatoms. The molecule has 1 aliphatic heterocycles. The molecule has 2 N–H and O–H groups in total. The molecule has 0 bridgehead atoms. The molecular formula is C24H21ClFN5O. The van der Waals surface area contributed by atoms with Gasteiger partial charge in [0.25, 0.3) is 0 Å². The van der Waals surface area contributed by atoms with Crippen molar-refractivity contribution in [2.75, 3.05) is 16.8 Å². The van der Waals surface area contributed by atoms with Crippen molar-refractivity contribution in [2.24, 2.45) is 0 Å². The predicted molar refractivity (Wildman–Crippen MR) is 126 cm³/mol. The Hall–Kier alpha value is -3.29. The number of hydrogen-bond donors (Lipinski definition) is 2. The van der Waals surface area contributed by atoms with E-state index >= 15 is 0 Å². The van der Waals surface area contributed by atoms with E-state index in [4.69, 9.17) is 11.6 Å². The fraction of sp³-hybridized carbons (Fsp3) is 0.208. The summed E-state index contributed by atoms with van der Waals surface area (Å²) in [6, 6.07) is 8.77. The maximum Gasteiger partial charge on any atom is 0.248 e. The number of aromatic nitrogens is 2. The summed E-state index contributed by atoms with van der Waals surface area (Å²) in [7, 11) is 0. The molecule has 1 aromatic heterocycles. The Kier molecular flexibility index (Phi) is 5.59. The Labute approximate surface area is 189 Å². The predicted octanol–water partition coefficient (Wildman–Crippen LogP) is 5.18. The molecule has 2 heterocycles. The lowest BCUT2D eigenvalue weighted by atomic mass is 9.93. The number of nitrogens with zero attached hydrogens (tertiary/aromatic N) is 3.